The van der Waals surface area contributed by atoms with Gasteiger partial charge < -0.3 is 5.32 Å². The molecule has 0 amide bonds. The molecule has 1 heterocycles. The van der Waals surface area contributed by atoms with Crippen molar-refractivity contribution >= 4 is 20.7 Å². The lowest BCUT2D eigenvalue weighted by Crippen LogP contribution is -2.18. The number of aromatic nitrogens is 1. The number of sulfone groups is 1. The van der Waals surface area contributed by atoms with Crippen LogP contribution in [-0.2, 0) is 9.84 Å². The molecule has 0 bridgehead atoms. The van der Waals surface area contributed by atoms with Crippen LogP contribution in [0.2, 0.25) is 0 Å². The quantitative estimate of drug-likeness (QED) is 0.854. The topological polar surface area (TPSA) is 59.1 Å². The smallest absolute Gasteiger partial charge is 0.150 e. The molecular formula is C16H22N2O2S. The summed E-state index contributed by atoms with van der Waals surface area (Å²) < 4.78 is 23.2. The lowest BCUT2D eigenvalue weighted by atomic mass is 9.98. The van der Waals surface area contributed by atoms with E-state index in [9.17, 15) is 8.42 Å². The minimum Gasteiger partial charge on any atom is -0.313 e. The second-order valence-corrected chi connectivity index (χ2v) is 7.61. The highest BCUT2D eigenvalue weighted by Gasteiger charge is 2.14. The molecule has 1 N–H and O–H groups in total. The molecule has 4 nitrogen and oxygen atoms in total. The zero-order valence-corrected chi connectivity index (χ0v) is 13.4. The van der Waals surface area contributed by atoms with Crippen LogP contribution in [0.3, 0.4) is 0 Å². The van der Waals surface area contributed by atoms with Gasteiger partial charge in [0.1, 0.15) is 9.84 Å². The van der Waals surface area contributed by atoms with Gasteiger partial charge in [-0.2, -0.15) is 0 Å². The summed E-state index contributed by atoms with van der Waals surface area (Å²) in [7, 11) is -0.977. The van der Waals surface area contributed by atoms with Gasteiger partial charge in [0.05, 0.1) is 11.3 Å². The molecule has 0 aliphatic carbocycles. The van der Waals surface area contributed by atoms with Gasteiger partial charge in [-0.15, -0.1) is 0 Å². The molecule has 5 heteroatoms. The van der Waals surface area contributed by atoms with Crippen LogP contribution in [0.1, 0.15) is 31.4 Å². The molecule has 0 saturated carbocycles. The number of rotatable bonds is 7. The Hall–Kier alpha value is -1.46. The lowest BCUT2D eigenvalue weighted by molar-refractivity contribution is 0.538. The molecular weight excluding hydrogens is 284 g/mol. The van der Waals surface area contributed by atoms with Crippen molar-refractivity contribution in [1.29, 1.82) is 0 Å². The number of nitrogens with one attached hydrogen (secondary N) is 1. The van der Waals surface area contributed by atoms with E-state index < -0.39 is 9.84 Å². The Labute approximate surface area is 126 Å². The fourth-order valence-corrected chi connectivity index (χ4v) is 3.43. The Morgan fingerprint density at radius 1 is 1.24 bits per heavy atom. The predicted molar refractivity (Wildman–Crippen MR) is 87.1 cm³/mol. The number of pyridine rings is 1. The van der Waals surface area contributed by atoms with Gasteiger partial charge in [-0.05, 0) is 37.6 Å². The Morgan fingerprint density at radius 3 is 2.76 bits per heavy atom. The highest BCUT2D eigenvalue weighted by Crippen LogP contribution is 2.26. The summed E-state index contributed by atoms with van der Waals surface area (Å²) >= 11 is 0. The fourth-order valence-electron chi connectivity index (χ4n) is 2.54. The Kier molecular flexibility index (Phi) is 5.31. The molecule has 0 aliphatic heterocycles. The predicted octanol–water partition coefficient (Wildman–Crippen LogP) is 2.71. The maximum atomic E-state index is 11.6. The van der Waals surface area contributed by atoms with Crippen molar-refractivity contribution in [3.8, 4) is 0 Å². The van der Waals surface area contributed by atoms with Crippen LogP contribution < -0.4 is 5.32 Å². The van der Waals surface area contributed by atoms with Crippen molar-refractivity contribution in [2.24, 2.45) is 0 Å². The van der Waals surface area contributed by atoms with Gasteiger partial charge in [0, 0.05) is 23.4 Å². The molecule has 2 rings (SSSR count). The zero-order valence-electron chi connectivity index (χ0n) is 12.5. The highest BCUT2D eigenvalue weighted by molar-refractivity contribution is 7.91. The van der Waals surface area contributed by atoms with Crippen LogP contribution >= 0.6 is 0 Å². The number of benzene rings is 1. The Morgan fingerprint density at radius 2 is 2.05 bits per heavy atom. The highest BCUT2D eigenvalue weighted by atomic mass is 32.2. The number of hydrogen-bond acceptors (Lipinski definition) is 4. The van der Waals surface area contributed by atoms with Gasteiger partial charge in [-0.1, -0.05) is 25.1 Å². The Bertz CT molecular complexity index is 693. The Balaban J connectivity index is 2.16. The van der Waals surface area contributed by atoms with E-state index in [1.807, 2.05) is 25.2 Å². The second kappa shape index (κ2) is 7.00. The van der Waals surface area contributed by atoms with Gasteiger partial charge in [0.15, 0.2) is 0 Å². The van der Waals surface area contributed by atoms with E-state index in [1.54, 1.807) is 13.1 Å². The maximum Gasteiger partial charge on any atom is 0.150 e. The molecule has 21 heavy (non-hydrogen) atoms. The SMILES string of the molecule is CCS(=O)(=O)CCCC(NC)c1cccc2ncccc12. The van der Waals surface area contributed by atoms with E-state index in [0.29, 0.717) is 6.42 Å². The van der Waals surface area contributed by atoms with E-state index >= 15 is 0 Å². The first-order valence-corrected chi connectivity index (χ1v) is 9.11. The van der Waals surface area contributed by atoms with Crippen LogP contribution in [0.15, 0.2) is 36.5 Å². The first kappa shape index (κ1) is 15.9. The van der Waals surface area contributed by atoms with E-state index in [0.717, 1.165) is 17.3 Å². The van der Waals surface area contributed by atoms with Crippen LogP contribution in [0.5, 0.6) is 0 Å². The minimum atomic E-state index is -2.89. The van der Waals surface area contributed by atoms with Gasteiger partial charge in [-0.25, -0.2) is 8.42 Å². The van der Waals surface area contributed by atoms with Crippen molar-refractivity contribution < 1.29 is 8.42 Å². The van der Waals surface area contributed by atoms with Crippen molar-refractivity contribution in [2.45, 2.75) is 25.8 Å². The summed E-state index contributed by atoms with van der Waals surface area (Å²) in [5, 5.41) is 4.42. The van der Waals surface area contributed by atoms with Gasteiger partial charge in [0.25, 0.3) is 0 Å². The normalized spacial score (nSPS) is 13.4. The largest absolute Gasteiger partial charge is 0.313 e. The number of nitrogens with zero attached hydrogens (tertiary/aromatic N) is 1. The minimum absolute atomic E-state index is 0.143. The molecule has 1 aromatic heterocycles. The van der Waals surface area contributed by atoms with E-state index in [1.165, 1.54) is 5.56 Å². The average Bonchev–Trinajstić information content (AvgIpc) is 2.51. The third-order valence-corrected chi connectivity index (χ3v) is 5.58. The van der Waals surface area contributed by atoms with Crippen LogP contribution in [-0.4, -0.2) is 32.0 Å². The molecule has 0 radical (unpaired) electrons. The molecule has 1 atom stereocenters. The third-order valence-electron chi connectivity index (χ3n) is 3.79. The molecule has 114 valence electrons. The summed E-state index contributed by atoms with van der Waals surface area (Å²) in [4.78, 5) is 4.37. The van der Waals surface area contributed by atoms with Gasteiger partial charge >= 0.3 is 0 Å². The summed E-state index contributed by atoms with van der Waals surface area (Å²) in [5.41, 5.74) is 2.15. The average molecular weight is 306 g/mol. The third kappa shape index (κ3) is 4.02. The van der Waals surface area contributed by atoms with Crippen molar-refractivity contribution in [3.05, 3.63) is 42.1 Å². The first-order chi connectivity index (χ1) is 10.1. The molecule has 0 fully saturated rings. The molecule has 0 aliphatic rings. The van der Waals surface area contributed by atoms with E-state index in [4.69, 9.17) is 0 Å². The summed E-state index contributed by atoms with van der Waals surface area (Å²) in [6, 6.07) is 10.2. The van der Waals surface area contributed by atoms with Crippen LogP contribution in [0, 0.1) is 0 Å². The zero-order chi connectivity index (χ0) is 15.3. The van der Waals surface area contributed by atoms with Crippen LogP contribution in [0.4, 0.5) is 0 Å². The first-order valence-electron chi connectivity index (χ1n) is 7.28. The molecule has 0 saturated heterocycles. The molecule has 1 aromatic carbocycles. The van der Waals surface area contributed by atoms with Crippen molar-refractivity contribution in [2.75, 3.05) is 18.6 Å². The van der Waals surface area contributed by atoms with Crippen molar-refractivity contribution in [3.63, 3.8) is 0 Å². The van der Waals surface area contributed by atoms with E-state index in [-0.39, 0.29) is 17.5 Å². The summed E-state index contributed by atoms with van der Waals surface area (Å²) in [6.45, 7) is 1.70. The summed E-state index contributed by atoms with van der Waals surface area (Å²) in [5.74, 6) is 0.472. The second-order valence-electron chi connectivity index (χ2n) is 5.14. The standard InChI is InChI=1S/C16H22N2O2S/c1-3-21(19,20)12-6-10-15(17-2)13-7-4-9-16-14(13)8-5-11-18-16/h4-5,7-9,11,15,17H,3,6,10,12H2,1-2H3. The molecule has 1 unspecified atom stereocenters. The van der Waals surface area contributed by atoms with Gasteiger partial charge in [-0.3, -0.25) is 4.98 Å². The fraction of sp³-hybridized carbons (Fsp3) is 0.438. The number of hydrogen-bond donors (Lipinski definition) is 1. The van der Waals surface area contributed by atoms with Crippen molar-refractivity contribution in [1.82, 2.24) is 10.3 Å². The lowest BCUT2D eigenvalue weighted by Gasteiger charge is -2.18. The van der Waals surface area contributed by atoms with Gasteiger partial charge in [0.2, 0.25) is 0 Å². The van der Waals surface area contributed by atoms with Crippen LogP contribution in [0.25, 0.3) is 10.9 Å². The molecule has 2 aromatic rings. The maximum absolute atomic E-state index is 11.6. The summed E-state index contributed by atoms with van der Waals surface area (Å²) in [6.07, 6.45) is 3.25. The molecule has 0 spiro atoms. The monoisotopic (exact) mass is 306 g/mol. The van der Waals surface area contributed by atoms with E-state index in [2.05, 4.69) is 22.4 Å². The number of fused-ring (bicyclic) bond motifs is 1.